The van der Waals surface area contributed by atoms with Crippen LogP contribution in [0.4, 0.5) is 0 Å². The second-order valence-electron chi connectivity index (χ2n) is 6.68. The molecule has 0 unspecified atom stereocenters. The predicted octanol–water partition coefficient (Wildman–Crippen LogP) is 3.28. The number of nitrogens with zero attached hydrogens (tertiary/aromatic N) is 1. The number of rotatable bonds is 4. The minimum atomic E-state index is 0.805. The van der Waals surface area contributed by atoms with Gasteiger partial charge in [-0.3, -0.25) is 0 Å². The molecular weight excluding hydrogens is 220 g/mol. The van der Waals surface area contributed by atoms with Gasteiger partial charge in [0.1, 0.15) is 0 Å². The summed E-state index contributed by atoms with van der Waals surface area (Å²) in [6, 6.07) is 1.70. The topological polar surface area (TPSA) is 15.3 Å². The standard InChI is InChI=1S/C16H32N2/c1-4-17-15-5-7-16(8-6-15)18-11-9-14(10-12-18)13(2)3/h13-17H,4-12H2,1-3H3. The molecule has 0 amide bonds. The molecule has 2 aliphatic rings. The van der Waals surface area contributed by atoms with Gasteiger partial charge >= 0.3 is 0 Å². The lowest BCUT2D eigenvalue weighted by atomic mass is 9.84. The maximum absolute atomic E-state index is 3.61. The fourth-order valence-electron chi connectivity index (χ4n) is 3.89. The monoisotopic (exact) mass is 252 g/mol. The van der Waals surface area contributed by atoms with Crippen molar-refractivity contribution < 1.29 is 0 Å². The lowest BCUT2D eigenvalue weighted by Crippen LogP contribution is -2.46. The molecule has 0 atom stereocenters. The van der Waals surface area contributed by atoms with Crippen LogP contribution in [0.1, 0.15) is 59.3 Å². The number of piperidine rings is 1. The fraction of sp³-hybridized carbons (Fsp3) is 1.00. The van der Waals surface area contributed by atoms with Gasteiger partial charge in [0.25, 0.3) is 0 Å². The van der Waals surface area contributed by atoms with Gasteiger partial charge in [-0.1, -0.05) is 20.8 Å². The molecule has 0 spiro atoms. The molecule has 0 radical (unpaired) electrons. The molecule has 2 fully saturated rings. The van der Waals surface area contributed by atoms with E-state index in [0.29, 0.717) is 0 Å². The van der Waals surface area contributed by atoms with E-state index in [0.717, 1.165) is 30.5 Å². The van der Waals surface area contributed by atoms with Crippen molar-refractivity contribution in [2.75, 3.05) is 19.6 Å². The van der Waals surface area contributed by atoms with E-state index in [1.54, 1.807) is 0 Å². The van der Waals surface area contributed by atoms with Gasteiger partial charge in [0, 0.05) is 12.1 Å². The van der Waals surface area contributed by atoms with Gasteiger partial charge in [-0.05, 0) is 70.0 Å². The minimum absolute atomic E-state index is 0.805. The highest BCUT2D eigenvalue weighted by Gasteiger charge is 2.29. The van der Waals surface area contributed by atoms with Crippen LogP contribution in [0.2, 0.25) is 0 Å². The van der Waals surface area contributed by atoms with Crippen molar-refractivity contribution in [1.82, 2.24) is 10.2 Å². The SMILES string of the molecule is CCNC1CCC(N2CCC(C(C)C)CC2)CC1. The Labute approximate surface area is 114 Å². The van der Waals surface area contributed by atoms with Crippen molar-refractivity contribution >= 4 is 0 Å². The summed E-state index contributed by atoms with van der Waals surface area (Å²) in [5, 5.41) is 3.61. The Kier molecular flexibility index (Phi) is 5.50. The van der Waals surface area contributed by atoms with Crippen molar-refractivity contribution in [2.24, 2.45) is 11.8 Å². The summed E-state index contributed by atoms with van der Waals surface area (Å²) in [7, 11) is 0. The Hall–Kier alpha value is -0.0800. The van der Waals surface area contributed by atoms with Gasteiger partial charge in [0.05, 0.1) is 0 Å². The van der Waals surface area contributed by atoms with E-state index < -0.39 is 0 Å². The van der Waals surface area contributed by atoms with Gasteiger partial charge in [0.15, 0.2) is 0 Å². The highest BCUT2D eigenvalue weighted by molar-refractivity contribution is 4.85. The lowest BCUT2D eigenvalue weighted by Gasteiger charge is -2.41. The zero-order valence-corrected chi connectivity index (χ0v) is 12.6. The van der Waals surface area contributed by atoms with Gasteiger partial charge in [0.2, 0.25) is 0 Å². The Bertz CT molecular complexity index is 223. The van der Waals surface area contributed by atoms with E-state index in [9.17, 15) is 0 Å². The number of likely N-dealkylation sites (tertiary alicyclic amines) is 1. The Morgan fingerprint density at radius 1 is 1.00 bits per heavy atom. The lowest BCUT2D eigenvalue weighted by molar-refractivity contribution is 0.0875. The second kappa shape index (κ2) is 6.91. The summed E-state index contributed by atoms with van der Waals surface area (Å²) in [5.41, 5.74) is 0. The maximum atomic E-state index is 3.61. The number of nitrogens with one attached hydrogen (secondary N) is 1. The van der Waals surface area contributed by atoms with E-state index in [2.05, 4.69) is 31.0 Å². The van der Waals surface area contributed by atoms with Crippen molar-refractivity contribution in [1.29, 1.82) is 0 Å². The third-order valence-electron chi connectivity index (χ3n) is 5.22. The van der Waals surface area contributed by atoms with Crippen molar-refractivity contribution in [3.05, 3.63) is 0 Å². The molecule has 1 heterocycles. The van der Waals surface area contributed by atoms with Crippen LogP contribution in [0.25, 0.3) is 0 Å². The average molecular weight is 252 g/mol. The molecule has 2 nitrogen and oxygen atoms in total. The largest absolute Gasteiger partial charge is 0.314 e. The summed E-state index contributed by atoms with van der Waals surface area (Å²) in [6.07, 6.45) is 8.49. The van der Waals surface area contributed by atoms with Gasteiger partial charge in [-0.15, -0.1) is 0 Å². The first-order valence-corrected chi connectivity index (χ1v) is 8.18. The first-order valence-electron chi connectivity index (χ1n) is 8.18. The summed E-state index contributed by atoms with van der Waals surface area (Å²) in [5.74, 6) is 1.87. The Morgan fingerprint density at radius 3 is 2.11 bits per heavy atom. The van der Waals surface area contributed by atoms with Gasteiger partial charge < -0.3 is 10.2 Å². The minimum Gasteiger partial charge on any atom is -0.314 e. The summed E-state index contributed by atoms with van der Waals surface area (Å²) >= 11 is 0. The molecule has 1 aliphatic carbocycles. The van der Waals surface area contributed by atoms with Crippen LogP contribution in [-0.2, 0) is 0 Å². The van der Waals surface area contributed by atoms with Crippen LogP contribution in [0, 0.1) is 11.8 Å². The molecule has 2 heteroatoms. The Morgan fingerprint density at radius 2 is 1.61 bits per heavy atom. The fourth-order valence-corrected chi connectivity index (χ4v) is 3.89. The molecule has 0 bridgehead atoms. The molecule has 18 heavy (non-hydrogen) atoms. The third kappa shape index (κ3) is 3.71. The van der Waals surface area contributed by atoms with Crippen molar-refractivity contribution in [3.63, 3.8) is 0 Å². The van der Waals surface area contributed by atoms with E-state index in [4.69, 9.17) is 0 Å². The van der Waals surface area contributed by atoms with Crippen molar-refractivity contribution in [2.45, 2.75) is 71.4 Å². The molecule has 106 valence electrons. The molecule has 1 N–H and O–H groups in total. The molecule has 1 saturated carbocycles. The van der Waals surface area contributed by atoms with Crippen LogP contribution in [0.15, 0.2) is 0 Å². The quantitative estimate of drug-likeness (QED) is 0.826. The molecule has 0 aromatic carbocycles. The van der Waals surface area contributed by atoms with Gasteiger partial charge in [-0.25, -0.2) is 0 Å². The third-order valence-corrected chi connectivity index (χ3v) is 5.22. The molecule has 0 aromatic rings. The molecular formula is C16H32N2. The van der Waals surface area contributed by atoms with Crippen LogP contribution in [0.5, 0.6) is 0 Å². The normalized spacial score (nSPS) is 32.0. The summed E-state index contributed by atoms with van der Waals surface area (Å²) in [6.45, 7) is 10.9. The first-order chi connectivity index (χ1) is 8.70. The van der Waals surface area contributed by atoms with E-state index >= 15 is 0 Å². The molecule has 2 rings (SSSR count). The summed E-state index contributed by atoms with van der Waals surface area (Å²) < 4.78 is 0. The zero-order valence-electron chi connectivity index (χ0n) is 12.6. The summed E-state index contributed by atoms with van der Waals surface area (Å²) in [4.78, 5) is 2.79. The predicted molar refractivity (Wildman–Crippen MR) is 78.9 cm³/mol. The Balaban J connectivity index is 1.71. The van der Waals surface area contributed by atoms with Crippen LogP contribution >= 0.6 is 0 Å². The number of hydrogen-bond acceptors (Lipinski definition) is 2. The average Bonchev–Trinajstić information content (AvgIpc) is 2.40. The molecule has 0 aromatic heterocycles. The second-order valence-corrected chi connectivity index (χ2v) is 6.68. The number of hydrogen-bond donors (Lipinski definition) is 1. The van der Waals surface area contributed by atoms with Gasteiger partial charge in [-0.2, -0.15) is 0 Å². The highest BCUT2D eigenvalue weighted by Crippen LogP contribution is 2.30. The van der Waals surface area contributed by atoms with E-state index in [-0.39, 0.29) is 0 Å². The van der Waals surface area contributed by atoms with Crippen LogP contribution in [-0.4, -0.2) is 36.6 Å². The highest BCUT2D eigenvalue weighted by atomic mass is 15.2. The van der Waals surface area contributed by atoms with E-state index in [1.807, 2.05) is 0 Å². The molecule has 1 aliphatic heterocycles. The van der Waals surface area contributed by atoms with Crippen LogP contribution in [0.3, 0.4) is 0 Å². The molecule has 1 saturated heterocycles. The van der Waals surface area contributed by atoms with E-state index in [1.165, 1.54) is 51.6 Å². The first kappa shape index (κ1) is 14.3. The smallest absolute Gasteiger partial charge is 0.00964 e. The maximum Gasteiger partial charge on any atom is 0.00964 e. The van der Waals surface area contributed by atoms with Crippen LogP contribution < -0.4 is 5.32 Å². The zero-order chi connectivity index (χ0) is 13.0. The van der Waals surface area contributed by atoms with Crippen molar-refractivity contribution in [3.8, 4) is 0 Å².